The molecule has 1 heterocycles. The van der Waals surface area contributed by atoms with E-state index in [-0.39, 0.29) is 6.54 Å². The lowest BCUT2D eigenvalue weighted by Gasteiger charge is -2.07. The molecule has 1 aliphatic carbocycles. The lowest BCUT2D eigenvalue weighted by Crippen LogP contribution is -2.22. The molecule has 0 saturated heterocycles. The maximum absolute atomic E-state index is 10.4. The minimum Gasteiger partial charge on any atom is -0.480 e. The van der Waals surface area contributed by atoms with E-state index in [1.165, 1.54) is 29.8 Å². The SMILES string of the molecule is Cc1cc(CNCC(=O)O)c(C)n1C1CC1. The van der Waals surface area contributed by atoms with E-state index in [4.69, 9.17) is 5.11 Å². The van der Waals surface area contributed by atoms with Crippen LogP contribution in [0.3, 0.4) is 0 Å². The number of carboxylic acid groups (broad SMARTS) is 1. The summed E-state index contributed by atoms with van der Waals surface area (Å²) in [6.07, 6.45) is 2.55. The van der Waals surface area contributed by atoms with Crippen molar-refractivity contribution in [2.75, 3.05) is 6.54 Å². The van der Waals surface area contributed by atoms with Crippen LogP contribution in [-0.4, -0.2) is 22.2 Å². The molecule has 4 nitrogen and oxygen atoms in total. The van der Waals surface area contributed by atoms with Crippen molar-refractivity contribution in [2.45, 2.75) is 39.3 Å². The van der Waals surface area contributed by atoms with Crippen LogP contribution in [0.25, 0.3) is 0 Å². The number of hydrogen-bond donors (Lipinski definition) is 2. The number of carboxylic acids is 1. The predicted octanol–water partition coefficient (Wildman–Crippen LogP) is 1.61. The number of aryl methyl sites for hydroxylation is 1. The summed E-state index contributed by atoms with van der Waals surface area (Å²) in [5.74, 6) is -0.809. The van der Waals surface area contributed by atoms with Gasteiger partial charge in [0, 0.05) is 24.0 Å². The van der Waals surface area contributed by atoms with Crippen molar-refractivity contribution in [3.05, 3.63) is 23.0 Å². The van der Waals surface area contributed by atoms with Crippen LogP contribution >= 0.6 is 0 Å². The predicted molar refractivity (Wildman–Crippen MR) is 61.5 cm³/mol. The molecule has 0 spiro atoms. The lowest BCUT2D eigenvalue weighted by molar-refractivity contribution is -0.135. The molecule has 1 aromatic heterocycles. The maximum atomic E-state index is 10.4. The summed E-state index contributed by atoms with van der Waals surface area (Å²) >= 11 is 0. The normalized spacial score (nSPS) is 15.4. The van der Waals surface area contributed by atoms with E-state index in [0.717, 1.165) is 0 Å². The molecule has 1 aromatic rings. The van der Waals surface area contributed by atoms with Crippen molar-refractivity contribution in [3.8, 4) is 0 Å². The first-order valence-electron chi connectivity index (χ1n) is 5.69. The van der Waals surface area contributed by atoms with Gasteiger partial charge in [0.25, 0.3) is 0 Å². The smallest absolute Gasteiger partial charge is 0.317 e. The molecule has 0 unspecified atom stereocenters. The van der Waals surface area contributed by atoms with Crippen molar-refractivity contribution in [3.63, 3.8) is 0 Å². The molecule has 0 aliphatic heterocycles. The largest absolute Gasteiger partial charge is 0.480 e. The van der Waals surface area contributed by atoms with E-state index < -0.39 is 5.97 Å². The standard InChI is InChI=1S/C12H18N2O2/c1-8-5-10(6-13-7-12(15)16)9(2)14(8)11-3-4-11/h5,11,13H,3-4,6-7H2,1-2H3,(H,15,16). The van der Waals surface area contributed by atoms with Crippen LogP contribution < -0.4 is 5.32 Å². The Morgan fingerprint density at radius 2 is 2.25 bits per heavy atom. The second kappa shape index (κ2) is 4.29. The second-order valence-corrected chi connectivity index (χ2v) is 4.49. The molecule has 1 saturated carbocycles. The van der Waals surface area contributed by atoms with E-state index in [1.54, 1.807) is 0 Å². The molecule has 0 amide bonds. The quantitative estimate of drug-likeness (QED) is 0.796. The van der Waals surface area contributed by atoms with E-state index >= 15 is 0 Å². The molecule has 1 fully saturated rings. The molecule has 0 bridgehead atoms. The third-order valence-corrected chi connectivity index (χ3v) is 3.09. The number of carbonyl (C=O) groups is 1. The average Bonchev–Trinajstić information content (AvgIpc) is 2.96. The average molecular weight is 222 g/mol. The van der Waals surface area contributed by atoms with Gasteiger partial charge < -0.3 is 15.0 Å². The number of rotatable bonds is 5. The molecular weight excluding hydrogens is 204 g/mol. The Morgan fingerprint density at radius 3 is 2.81 bits per heavy atom. The summed E-state index contributed by atoms with van der Waals surface area (Å²) < 4.78 is 2.37. The Labute approximate surface area is 95.3 Å². The molecule has 2 rings (SSSR count). The van der Waals surface area contributed by atoms with Crippen molar-refractivity contribution in [2.24, 2.45) is 0 Å². The molecule has 4 heteroatoms. The van der Waals surface area contributed by atoms with Gasteiger partial charge in [-0.25, -0.2) is 0 Å². The summed E-state index contributed by atoms with van der Waals surface area (Å²) in [4.78, 5) is 10.4. The monoisotopic (exact) mass is 222 g/mol. The van der Waals surface area contributed by atoms with E-state index in [2.05, 4.69) is 29.8 Å². The first kappa shape index (κ1) is 11.2. The Bertz CT molecular complexity index is 405. The zero-order valence-electron chi connectivity index (χ0n) is 9.79. The molecule has 1 aliphatic rings. The topological polar surface area (TPSA) is 54.3 Å². The van der Waals surface area contributed by atoms with Gasteiger partial charge in [0.2, 0.25) is 0 Å². The molecule has 0 aromatic carbocycles. The number of aliphatic carboxylic acids is 1. The fourth-order valence-electron chi connectivity index (χ4n) is 2.22. The Balaban J connectivity index is 2.04. The lowest BCUT2D eigenvalue weighted by atomic mass is 10.2. The minimum absolute atomic E-state index is 0.0209. The van der Waals surface area contributed by atoms with Crippen LogP contribution in [0.15, 0.2) is 6.07 Å². The van der Waals surface area contributed by atoms with E-state index in [0.29, 0.717) is 12.6 Å². The summed E-state index contributed by atoms with van der Waals surface area (Å²) in [6, 6.07) is 2.84. The van der Waals surface area contributed by atoms with E-state index in [9.17, 15) is 4.79 Å². The second-order valence-electron chi connectivity index (χ2n) is 4.49. The van der Waals surface area contributed by atoms with Crippen molar-refractivity contribution < 1.29 is 9.90 Å². The van der Waals surface area contributed by atoms with Crippen LogP contribution in [0.4, 0.5) is 0 Å². The van der Waals surface area contributed by atoms with Crippen LogP contribution in [0, 0.1) is 13.8 Å². The Morgan fingerprint density at radius 1 is 1.56 bits per heavy atom. The van der Waals surface area contributed by atoms with Gasteiger partial charge in [0.05, 0.1) is 6.54 Å². The van der Waals surface area contributed by atoms with Gasteiger partial charge in [-0.05, 0) is 38.3 Å². The van der Waals surface area contributed by atoms with Gasteiger partial charge in [0.15, 0.2) is 0 Å². The highest BCUT2D eigenvalue weighted by atomic mass is 16.4. The van der Waals surface area contributed by atoms with Crippen molar-refractivity contribution in [1.82, 2.24) is 9.88 Å². The molecular formula is C12H18N2O2. The highest BCUT2D eigenvalue weighted by molar-refractivity contribution is 5.69. The van der Waals surface area contributed by atoms with Crippen LogP contribution in [-0.2, 0) is 11.3 Å². The summed E-state index contributed by atoms with van der Waals surface area (Å²) in [7, 11) is 0. The fourth-order valence-corrected chi connectivity index (χ4v) is 2.22. The number of hydrogen-bond acceptors (Lipinski definition) is 2. The summed E-state index contributed by atoms with van der Waals surface area (Å²) in [5.41, 5.74) is 3.77. The number of aromatic nitrogens is 1. The van der Waals surface area contributed by atoms with Crippen molar-refractivity contribution in [1.29, 1.82) is 0 Å². The van der Waals surface area contributed by atoms with Gasteiger partial charge in [-0.2, -0.15) is 0 Å². The highest BCUT2D eigenvalue weighted by Crippen LogP contribution is 2.38. The first-order valence-corrected chi connectivity index (χ1v) is 5.69. The third-order valence-electron chi connectivity index (χ3n) is 3.09. The van der Waals surface area contributed by atoms with Gasteiger partial charge in [-0.1, -0.05) is 0 Å². The van der Waals surface area contributed by atoms with Gasteiger partial charge in [0.1, 0.15) is 0 Å². The van der Waals surface area contributed by atoms with Crippen LogP contribution in [0.5, 0.6) is 0 Å². The maximum Gasteiger partial charge on any atom is 0.317 e. The Kier molecular flexibility index (Phi) is 3.01. The van der Waals surface area contributed by atoms with E-state index in [1.807, 2.05) is 0 Å². The minimum atomic E-state index is -0.809. The summed E-state index contributed by atoms with van der Waals surface area (Å²) in [6.45, 7) is 4.89. The first-order chi connectivity index (χ1) is 7.59. The third kappa shape index (κ3) is 2.27. The van der Waals surface area contributed by atoms with Gasteiger partial charge >= 0.3 is 5.97 Å². The zero-order chi connectivity index (χ0) is 11.7. The molecule has 2 N–H and O–H groups in total. The number of nitrogens with one attached hydrogen (secondary N) is 1. The summed E-state index contributed by atoms with van der Waals surface area (Å²) in [5, 5.41) is 11.5. The van der Waals surface area contributed by atoms with Gasteiger partial charge in [-0.3, -0.25) is 4.79 Å². The zero-order valence-corrected chi connectivity index (χ0v) is 9.79. The Hall–Kier alpha value is -1.29. The molecule has 0 radical (unpaired) electrons. The molecule has 0 atom stereocenters. The van der Waals surface area contributed by atoms with Gasteiger partial charge in [-0.15, -0.1) is 0 Å². The van der Waals surface area contributed by atoms with Crippen molar-refractivity contribution >= 4 is 5.97 Å². The van der Waals surface area contributed by atoms with Crippen LogP contribution in [0.2, 0.25) is 0 Å². The highest BCUT2D eigenvalue weighted by Gasteiger charge is 2.26. The number of nitrogens with zero attached hydrogens (tertiary/aromatic N) is 1. The molecule has 88 valence electrons. The fraction of sp³-hybridized carbons (Fsp3) is 0.583. The van der Waals surface area contributed by atoms with Crippen LogP contribution in [0.1, 0.15) is 35.8 Å². The molecule has 16 heavy (non-hydrogen) atoms.